The van der Waals surface area contributed by atoms with Crippen LogP contribution in [0.2, 0.25) is 0 Å². The van der Waals surface area contributed by atoms with Gasteiger partial charge < -0.3 is 15.0 Å². The van der Waals surface area contributed by atoms with Crippen molar-refractivity contribution in [2.24, 2.45) is 5.92 Å². The van der Waals surface area contributed by atoms with E-state index in [1.165, 1.54) is 19.3 Å². The van der Waals surface area contributed by atoms with Gasteiger partial charge >= 0.3 is 0 Å². The van der Waals surface area contributed by atoms with E-state index in [1.807, 2.05) is 18.3 Å². The summed E-state index contributed by atoms with van der Waals surface area (Å²) in [4.78, 5) is 12.2. The molecule has 1 aliphatic carbocycles. The maximum absolute atomic E-state index is 12.2. The van der Waals surface area contributed by atoms with Crippen molar-refractivity contribution in [2.45, 2.75) is 45.1 Å². The Hall–Kier alpha value is -1.29. The van der Waals surface area contributed by atoms with Crippen LogP contribution in [-0.4, -0.2) is 28.7 Å². The van der Waals surface area contributed by atoms with Crippen LogP contribution in [0.4, 0.5) is 0 Å². The second kappa shape index (κ2) is 6.75. The Morgan fingerprint density at radius 2 is 2.37 bits per heavy atom. The van der Waals surface area contributed by atoms with Gasteiger partial charge in [0.2, 0.25) is 0 Å². The summed E-state index contributed by atoms with van der Waals surface area (Å²) in [6.45, 7) is 2.92. The minimum absolute atomic E-state index is 0.00768. The monoisotopic (exact) mass is 264 g/mol. The second-order valence-corrected chi connectivity index (χ2v) is 5.38. The Bertz CT molecular complexity index is 410. The minimum Gasteiger partial charge on any atom is -0.396 e. The second-order valence-electron chi connectivity index (χ2n) is 5.38. The molecule has 1 aromatic heterocycles. The third kappa shape index (κ3) is 3.38. The van der Waals surface area contributed by atoms with Crippen LogP contribution in [0.5, 0.6) is 0 Å². The van der Waals surface area contributed by atoms with Crippen LogP contribution in [0.15, 0.2) is 18.3 Å². The summed E-state index contributed by atoms with van der Waals surface area (Å²) in [6, 6.07) is 4.34. The molecule has 0 aliphatic heterocycles. The van der Waals surface area contributed by atoms with E-state index in [9.17, 15) is 4.79 Å². The zero-order valence-corrected chi connectivity index (χ0v) is 11.6. The first-order valence-electron chi connectivity index (χ1n) is 7.32. The SMILES string of the molecule is CCC(CCO)CNC(=O)c1cccn1C1CCC1. The third-order valence-corrected chi connectivity index (χ3v) is 4.15. The number of aliphatic hydroxyl groups is 1. The Labute approximate surface area is 114 Å². The van der Waals surface area contributed by atoms with Crippen LogP contribution in [-0.2, 0) is 0 Å². The summed E-state index contributed by atoms with van der Waals surface area (Å²) in [5.41, 5.74) is 0.767. The van der Waals surface area contributed by atoms with Gasteiger partial charge in [0.05, 0.1) is 0 Å². The Kier molecular flexibility index (Phi) is 5.02. The molecule has 0 bridgehead atoms. The summed E-state index contributed by atoms with van der Waals surface area (Å²) in [5.74, 6) is 0.370. The number of carbonyl (C=O) groups is 1. The largest absolute Gasteiger partial charge is 0.396 e. The number of nitrogens with zero attached hydrogens (tertiary/aromatic N) is 1. The number of amides is 1. The number of nitrogens with one attached hydrogen (secondary N) is 1. The van der Waals surface area contributed by atoms with E-state index < -0.39 is 0 Å². The molecule has 1 aliphatic rings. The van der Waals surface area contributed by atoms with E-state index in [4.69, 9.17) is 5.11 Å². The van der Waals surface area contributed by atoms with Crippen LogP contribution in [0, 0.1) is 5.92 Å². The maximum atomic E-state index is 12.2. The van der Waals surface area contributed by atoms with Crippen molar-refractivity contribution in [3.05, 3.63) is 24.0 Å². The predicted octanol–water partition coefficient (Wildman–Crippen LogP) is 2.35. The molecule has 4 nitrogen and oxygen atoms in total. The van der Waals surface area contributed by atoms with Crippen LogP contribution in [0.1, 0.15) is 55.6 Å². The van der Waals surface area contributed by atoms with Gasteiger partial charge in [0.15, 0.2) is 0 Å². The van der Waals surface area contributed by atoms with E-state index in [0.29, 0.717) is 18.5 Å². The number of aliphatic hydroxyl groups excluding tert-OH is 1. The molecule has 1 saturated carbocycles. The Morgan fingerprint density at radius 3 is 2.95 bits per heavy atom. The summed E-state index contributed by atoms with van der Waals surface area (Å²) in [6.07, 6.45) is 7.35. The van der Waals surface area contributed by atoms with Crippen molar-refractivity contribution in [1.29, 1.82) is 0 Å². The van der Waals surface area contributed by atoms with E-state index in [1.54, 1.807) is 0 Å². The summed E-state index contributed by atoms with van der Waals surface area (Å²) >= 11 is 0. The number of carbonyl (C=O) groups excluding carboxylic acids is 1. The van der Waals surface area contributed by atoms with E-state index in [0.717, 1.165) is 18.5 Å². The molecule has 19 heavy (non-hydrogen) atoms. The van der Waals surface area contributed by atoms with E-state index in [-0.39, 0.29) is 12.5 Å². The average molecular weight is 264 g/mol. The highest BCUT2D eigenvalue weighted by atomic mass is 16.3. The van der Waals surface area contributed by atoms with Gasteiger partial charge in [0.1, 0.15) is 5.69 Å². The first-order valence-corrected chi connectivity index (χ1v) is 7.32. The van der Waals surface area contributed by atoms with Gasteiger partial charge in [-0.25, -0.2) is 0 Å². The lowest BCUT2D eigenvalue weighted by molar-refractivity contribution is 0.0928. The van der Waals surface area contributed by atoms with E-state index in [2.05, 4.69) is 16.8 Å². The lowest BCUT2D eigenvalue weighted by Gasteiger charge is -2.28. The molecule has 4 heteroatoms. The third-order valence-electron chi connectivity index (χ3n) is 4.15. The molecule has 0 radical (unpaired) electrons. The molecular weight excluding hydrogens is 240 g/mol. The van der Waals surface area contributed by atoms with Crippen molar-refractivity contribution in [2.75, 3.05) is 13.2 Å². The van der Waals surface area contributed by atoms with Crippen LogP contribution < -0.4 is 5.32 Å². The van der Waals surface area contributed by atoms with Gasteiger partial charge in [0.25, 0.3) is 5.91 Å². The Balaban J connectivity index is 1.90. The summed E-state index contributed by atoms with van der Waals surface area (Å²) in [7, 11) is 0. The van der Waals surface area contributed by atoms with Gasteiger partial charge in [-0.1, -0.05) is 13.3 Å². The van der Waals surface area contributed by atoms with Crippen LogP contribution >= 0.6 is 0 Å². The molecule has 1 heterocycles. The van der Waals surface area contributed by atoms with Gasteiger partial charge in [-0.2, -0.15) is 0 Å². The number of aromatic nitrogens is 1. The molecule has 2 rings (SSSR count). The Morgan fingerprint density at radius 1 is 1.58 bits per heavy atom. The van der Waals surface area contributed by atoms with Crippen molar-refractivity contribution >= 4 is 5.91 Å². The highest BCUT2D eigenvalue weighted by Crippen LogP contribution is 2.32. The standard InChI is InChI=1S/C15H24N2O2/c1-2-12(8-10-18)11-16-15(19)14-7-4-9-17(14)13-5-3-6-13/h4,7,9,12-13,18H,2-3,5-6,8,10-11H2,1H3,(H,16,19). The van der Waals surface area contributed by atoms with Gasteiger partial charge in [0, 0.05) is 25.4 Å². The zero-order chi connectivity index (χ0) is 13.7. The minimum atomic E-state index is 0.00768. The van der Waals surface area contributed by atoms with Crippen molar-refractivity contribution in [3.63, 3.8) is 0 Å². The lowest BCUT2D eigenvalue weighted by Crippen LogP contribution is -2.32. The van der Waals surface area contributed by atoms with Gasteiger partial charge in [-0.05, 0) is 43.7 Å². The molecule has 1 fully saturated rings. The van der Waals surface area contributed by atoms with Gasteiger partial charge in [-0.15, -0.1) is 0 Å². The zero-order valence-electron chi connectivity index (χ0n) is 11.6. The quantitative estimate of drug-likeness (QED) is 0.794. The molecule has 0 aromatic carbocycles. The molecule has 0 spiro atoms. The smallest absolute Gasteiger partial charge is 0.267 e. The fraction of sp³-hybridized carbons (Fsp3) is 0.667. The molecule has 0 saturated heterocycles. The predicted molar refractivity (Wildman–Crippen MR) is 75.1 cm³/mol. The summed E-state index contributed by atoms with van der Waals surface area (Å²) < 4.78 is 2.10. The fourth-order valence-corrected chi connectivity index (χ4v) is 2.53. The maximum Gasteiger partial charge on any atom is 0.267 e. The van der Waals surface area contributed by atoms with Gasteiger partial charge in [-0.3, -0.25) is 4.79 Å². The first-order chi connectivity index (χ1) is 9.26. The first kappa shape index (κ1) is 14.1. The molecule has 1 amide bonds. The fourth-order valence-electron chi connectivity index (χ4n) is 2.53. The average Bonchev–Trinajstić information content (AvgIpc) is 2.81. The normalized spacial score (nSPS) is 16.9. The molecule has 1 unspecified atom stereocenters. The molecule has 1 atom stereocenters. The van der Waals surface area contributed by atoms with E-state index >= 15 is 0 Å². The molecular formula is C15H24N2O2. The van der Waals surface area contributed by atoms with Crippen molar-refractivity contribution in [3.8, 4) is 0 Å². The lowest BCUT2D eigenvalue weighted by atomic mass is 9.93. The number of rotatable bonds is 7. The molecule has 2 N–H and O–H groups in total. The molecule has 1 aromatic rings. The van der Waals surface area contributed by atoms with Crippen molar-refractivity contribution in [1.82, 2.24) is 9.88 Å². The molecule has 106 valence electrons. The van der Waals surface area contributed by atoms with Crippen LogP contribution in [0.3, 0.4) is 0 Å². The topological polar surface area (TPSA) is 54.3 Å². The number of hydrogen-bond donors (Lipinski definition) is 2. The highest BCUT2D eigenvalue weighted by Gasteiger charge is 2.23. The summed E-state index contributed by atoms with van der Waals surface area (Å²) in [5, 5.41) is 12.0. The van der Waals surface area contributed by atoms with Crippen LogP contribution in [0.25, 0.3) is 0 Å². The van der Waals surface area contributed by atoms with Crippen molar-refractivity contribution < 1.29 is 9.90 Å². The number of hydrogen-bond acceptors (Lipinski definition) is 2. The highest BCUT2D eigenvalue weighted by molar-refractivity contribution is 5.92.